The molecule has 0 bridgehead atoms. The van der Waals surface area contributed by atoms with Crippen LogP contribution < -0.4 is 5.32 Å². The van der Waals surface area contributed by atoms with Crippen LogP contribution in [-0.2, 0) is 6.42 Å². The summed E-state index contributed by atoms with van der Waals surface area (Å²) in [6.45, 7) is 2.85. The van der Waals surface area contributed by atoms with Gasteiger partial charge in [0, 0.05) is 19.1 Å². The third-order valence-corrected chi connectivity index (χ3v) is 4.93. The fraction of sp³-hybridized carbons (Fsp3) is 0.250. The first kappa shape index (κ1) is 17.2. The smallest absolute Gasteiger partial charge is 0.127 e. The van der Waals surface area contributed by atoms with E-state index in [1.807, 2.05) is 37.3 Å². The Bertz CT molecular complexity index is 636. The molecule has 2 aromatic rings. The maximum atomic E-state index is 14.1. The normalized spacial score (nSPS) is 12.4. The minimum absolute atomic E-state index is 0.0382. The van der Waals surface area contributed by atoms with E-state index >= 15 is 0 Å². The lowest BCUT2D eigenvalue weighted by Gasteiger charge is -2.20. The van der Waals surface area contributed by atoms with E-state index in [-0.39, 0.29) is 11.9 Å². The van der Waals surface area contributed by atoms with Crippen LogP contribution in [0.3, 0.4) is 0 Å². The summed E-state index contributed by atoms with van der Waals surface area (Å²) in [5.74, 6) is -0.190. The molecule has 2 aromatic carbocycles. The molecule has 1 unspecified atom stereocenters. The molecule has 0 heterocycles. The Hall–Kier alpha value is -0.170. The third kappa shape index (κ3) is 4.65. The summed E-state index contributed by atoms with van der Waals surface area (Å²) in [6, 6.07) is 11.0. The lowest BCUT2D eigenvalue weighted by atomic mass is 9.98. The number of nitrogens with one attached hydrogen (secondary N) is 1. The molecule has 0 aromatic heterocycles. The summed E-state index contributed by atoms with van der Waals surface area (Å²) in [5, 5.41) is 4.11. The van der Waals surface area contributed by atoms with Gasteiger partial charge in [-0.1, -0.05) is 40.5 Å². The van der Waals surface area contributed by atoms with Crippen LogP contribution in [0, 0.1) is 9.39 Å². The Morgan fingerprint density at radius 3 is 2.71 bits per heavy atom. The zero-order valence-corrected chi connectivity index (χ0v) is 16.0. The van der Waals surface area contributed by atoms with Crippen LogP contribution in [0.25, 0.3) is 0 Å². The van der Waals surface area contributed by atoms with Crippen LogP contribution in [0.4, 0.5) is 4.39 Å². The van der Waals surface area contributed by atoms with Crippen LogP contribution in [-0.4, -0.2) is 6.54 Å². The first-order valence-corrected chi connectivity index (χ1v) is 8.88. The number of benzene rings is 2. The Morgan fingerprint density at radius 1 is 1.29 bits per heavy atom. The Labute approximate surface area is 151 Å². The summed E-state index contributed by atoms with van der Waals surface area (Å²) in [7, 11) is 0. The topological polar surface area (TPSA) is 12.0 Å². The standard InChI is InChI=1S/C16H15BrClFIN/c1-2-21-16(13-9-12(18)5-6-15(13)20)7-10-3-4-11(17)8-14(10)19/h3-6,8-9,16,21H,2,7H2,1H3. The maximum Gasteiger partial charge on any atom is 0.127 e. The lowest BCUT2D eigenvalue weighted by molar-refractivity contribution is 0.526. The number of halogens is 4. The summed E-state index contributed by atoms with van der Waals surface area (Å²) in [4.78, 5) is 0. The molecular formula is C16H15BrClFIN. The Kier molecular flexibility index (Phi) is 6.47. The van der Waals surface area contributed by atoms with Crippen molar-refractivity contribution in [3.05, 3.63) is 66.4 Å². The van der Waals surface area contributed by atoms with E-state index in [2.05, 4.69) is 43.8 Å². The first-order valence-electron chi connectivity index (χ1n) is 6.63. The average molecular weight is 483 g/mol. The summed E-state index contributed by atoms with van der Waals surface area (Å²) in [6.07, 6.45) is 0.587. The highest BCUT2D eigenvalue weighted by Crippen LogP contribution is 2.28. The largest absolute Gasteiger partial charge is 0.310 e. The van der Waals surface area contributed by atoms with Gasteiger partial charge in [0.2, 0.25) is 0 Å². The number of likely N-dealkylation sites (N-methyl/N-ethyl adjacent to an activating group) is 1. The molecule has 21 heavy (non-hydrogen) atoms. The van der Waals surface area contributed by atoms with E-state index in [0.29, 0.717) is 17.0 Å². The van der Waals surface area contributed by atoms with Gasteiger partial charge in [0.05, 0.1) is 0 Å². The van der Waals surface area contributed by atoms with Crippen molar-refractivity contribution < 1.29 is 4.39 Å². The highest BCUT2D eigenvalue weighted by atomic mass is 127. The van der Waals surface area contributed by atoms with E-state index in [0.717, 1.165) is 20.2 Å². The highest BCUT2D eigenvalue weighted by molar-refractivity contribution is 14.1. The van der Waals surface area contributed by atoms with Crippen LogP contribution >= 0.6 is 50.1 Å². The van der Waals surface area contributed by atoms with E-state index in [1.54, 1.807) is 0 Å². The van der Waals surface area contributed by atoms with E-state index in [4.69, 9.17) is 11.6 Å². The Balaban J connectivity index is 2.32. The molecule has 5 heteroatoms. The van der Waals surface area contributed by atoms with Gasteiger partial charge in [0.25, 0.3) is 0 Å². The van der Waals surface area contributed by atoms with Gasteiger partial charge in [-0.2, -0.15) is 0 Å². The molecule has 1 N–H and O–H groups in total. The van der Waals surface area contributed by atoms with Gasteiger partial charge in [-0.05, 0) is 77.0 Å². The molecule has 0 fully saturated rings. The second-order valence-corrected chi connectivity index (χ2v) is 7.23. The molecule has 0 saturated carbocycles. The van der Waals surface area contributed by atoms with Gasteiger partial charge in [0.1, 0.15) is 5.82 Å². The molecule has 0 radical (unpaired) electrons. The van der Waals surface area contributed by atoms with Crippen LogP contribution in [0.2, 0.25) is 5.02 Å². The minimum Gasteiger partial charge on any atom is -0.310 e. The molecule has 2 rings (SSSR count). The molecule has 0 amide bonds. The monoisotopic (exact) mass is 481 g/mol. The zero-order valence-electron chi connectivity index (χ0n) is 11.5. The third-order valence-electron chi connectivity index (χ3n) is 3.22. The van der Waals surface area contributed by atoms with Gasteiger partial charge < -0.3 is 5.32 Å². The average Bonchev–Trinajstić information content (AvgIpc) is 2.44. The number of hydrogen-bond acceptors (Lipinski definition) is 1. The van der Waals surface area contributed by atoms with Crippen LogP contribution in [0.15, 0.2) is 40.9 Å². The van der Waals surface area contributed by atoms with Crippen molar-refractivity contribution in [3.8, 4) is 0 Å². The van der Waals surface area contributed by atoms with Gasteiger partial charge >= 0.3 is 0 Å². The maximum absolute atomic E-state index is 14.1. The molecular weight excluding hydrogens is 467 g/mol. The SMILES string of the molecule is CCNC(Cc1ccc(Br)cc1F)c1cc(Cl)ccc1I. The van der Waals surface area contributed by atoms with Gasteiger partial charge in [0.15, 0.2) is 0 Å². The predicted octanol–water partition coefficient (Wildman–Crippen LogP) is 5.74. The fourth-order valence-electron chi connectivity index (χ4n) is 2.23. The number of rotatable bonds is 5. The van der Waals surface area contributed by atoms with E-state index in [9.17, 15) is 4.39 Å². The molecule has 0 spiro atoms. The van der Waals surface area contributed by atoms with E-state index in [1.165, 1.54) is 6.07 Å². The zero-order chi connectivity index (χ0) is 15.4. The van der Waals surface area contributed by atoms with Crippen molar-refractivity contribution in [2.24, 2.45) is 0 Å². The molecule has 0 aliphatic carbocycles. The van der Waals surface area contributed by atoms with Crippen molar-refractivity contribution in [2.75, 3.05) is 6.54 Å². The molecule has 1 atom stereocenters. The summed E-state index contributed by atoms with van der Waals surface area (Å²) in [5.41, 5.74) is 1.80. The summed E-state index contributed by atoms with van der Waals surface area (Å²) < 4.78 is 15.9. The van der Waals surface area contributed by atoms with E-state index < -0.39 is 0 Å². The van der Waals surface area contributed by atoms with Gasteiger partial charge in [-0.3, -0.25) is 0 Å². The molecule has 1 nitrogen and oxygen atoms in total. The van der Waals surface area contributed by atoms with Gasteiger partial charge in [-0.15, -0.1) is 0 Å². The predicted molar refractivity (Wildman–Crippen MR) is 98.4 cm³/mol. The molecule has 0 saturated heterocycles. The minimum atomic E-state index is -0.190. The second kappa shape index (κ2) is 7.90. The van der Waals surface area contributed by atoms with Crippen LogP contribution in [0.5, 0.6) is 0 Å². The first-order chi connectivity index (χ1) is 10.0. The number of hydrogen-bond donors (Lipinski definition) is 1. The Morgan fingerprint density at radius 2 is 2.05 bits per heavy atom. The highest BCUT2D eigenvalue weighted by Gasteiger charge is 2.17. The lowest BCUT2D eigenvalue weighted by Crippen LogP contribution is -2.24. The van der Waals surface area contributed by atoms with Crippen LogP contribution in [0.1, 0.15) is 24.1 Å². The summed E-state index contributed by atoms with van der Waals surface area (Å²) >= 11 is 11.7. The van der Waals surface area contributed by atoms with Crippen molar-refractivity contribution in [3.63, 3.8) is 0 Å². The van der Waals surface area contributed by atoms with Crippen molar-refractivity contribution in [1.82, 2.24) is 5.32 Å². The molecule has 0 aliphatic rings. The second-order valence-electron chi connectivity index (χ2n) is 4.72. The molecule has 0 aliphatic heterocycles. The van der Waals surface area contributed by atoms with Crippen molar-refractivity contribution in [2.45, 2.75) is 19.4 Å². The van der Waals surface area contributed by atoms with Gasteiger partial charge in [-0.25, -0.2) is 4.39 Å². The fourth-order valence-corrected chi connectivity index (χ4v) is 3.45. The van der Waals surface area contributed by atoms with Crippen molar-refractivity contribution in [1.29, 1.82) is 0 Å². The quantitative estimate of drug-likeness (QED) is 0.536. The van der Waals surface area contributed by atoms with Crippen molar-refractivity contribution >= 4 is 50.1 Å². The molecule has 112 valence electrons.